The number of rotatable bonds is 5. The lowest BCUT2D eigenvalue weighted by atomic mass is 10.1. The molecule has 2 heterocycles. The third kappa shape index (κ3) is 3.95. The third-order valence-corrected chi connectivity index (χ3v) is 4.52. The number of pyridine rings is 1. The molecule has 2 rings (SSSR count). The van der Waals surface area contributed by atoms with Gasteiger partial charge in [-0.25, -0.2) is 9.78 Å². The van der Waals surface area contributed by atoms with Crippen molar-refractivity contribution in [3.05, 3.63) is 24.4 Å². The number of carbonyl (C=O) groups excluding carboxylic acids is 1. The van der Waals surface area contributed by atoms with Crippen LogP contribution in [0.25, 0.3) is 0 Å². The van der Waals surface area contributed by atoms with Gasteiger partial charge in [0, 0.05) is 18.8 Å². The van der Waals surface area contributed by atoms with Crippen LogP contribution in [-0.4, -0.2) is 70.2 Å². The van der Waals surface area contributed by atoms with Gasteiger partial charge in [-0.2, -0.15) is 0 Å². The standard InChI is InChI=1S/C14H19N3O3S/c1-16(2)10-7-11(14(19)20)17(8-10)13(18)9-21-12-5-3-4-6-15-12/h3-6,10-11H,7-9H2,1-2H3,(H,19,20)/t10-,11+/m1/s1. The number of carbonyl (C=O) groups is 2. The van der Waals surface area contributed by atoms with Crippen LogP contribution >= 0.6 is 11.8 Å². The first-order chi connectivity index (χ1) is 9.99. The van der Waals surface area contributed by atoms with Crippen molar-refractivity contribution in [2.45, 2.75) is 23.5 Å². The molecule has 6 nitrogen and oxygen atoms in total. The Balaban J connectivity index is 1.98. The third-order valence-electron chi connectivity index (χ3n) is 3.60. The zero-order chi connectivity index (χ0) is 15.4. The lowest BCUT2D eigenvalue weighted by molar-refractivity contribution is -0.147. The van der Waals surface area contributed by atoms with Crippen LogP contribution in [0.15, 0.2) is 29.4 Å². The van der Waals surface area contributed by atoms with Crippen molar-refractivity contribution in [2.24, 2.45) is 0 Å². The highest BCUT2D eigenvalue weighted by molar-refractivity contribution is 7.99. The molecule has 0 unspecified atom stereocenters. The molecule has 0 aromatic carbocycles. The average Bonchev–Trinajstić information content (AvgIpc) is 2.91. The highest BCUT2D eigenvalue weighted by atomic mass is 32.2. The van der Waals surface area contributed by atoms with Gasteiger partial charge in [-0.3, -0.25) is 4.79 Å². The van der Waals surface area contributed by atoms with E-state index in [0.29, 0.717) is 13.0 Å². The summed E-state index contributed by atoms with van der Waals surface area (Å²) in [5.74, 6) is -0.876. The molecule has 0 saturated carbocycles. The Kier molecular flexibility index (Phi) is 5.19. The molecule has 0 aliphatic carbocycles. The normalized spacial score (nSPS) is 21.8. The van der Waals surface area contributed by atoms with Crippen LogP contribution in [0.1, 0.15) is 6.42 Å². The van der Waals surface area contributed by atoms with Gasteiger partial charge in [-0.1, -0.05) is 17.8 Å². The summed E-state index contributed by atoms with van der Waals surface area (Å²) >= 11 is 1.33. The van der Waals surface area contributed by atoms with Crippen molar-refractivity contribution in [1.82, 2.24) is 14.8 Å². The molecule has 1 amide bonds. The Morgan fingerprint density at radius 1 is 1.48 bits per heavy atom. The molecule has 7 heteroatoms. The molecule has 21 heavy (non-hydrogen) atoms. The molecule has 0 radical (unpaired) electrons. The highest BCUT2D eigenvalue weighted by Crippen LogP contribution is 2.23. The monoisotopic (exact) mass is 309 g/mol. The summed E-state index contributed by atoms with van der Waals surface area (Å²) in [6.45, 7) is 0.464. The number of aromatic nitrogens is 1. The maximum Gasteiger partial charge on any atom is 0.326 e. The van der Waals surface area contributed by atoms with E-state index in [2.05, 4.69) is 4.98 Å². The van der Waals surface area contributed by atoms with E-state index in [1.54, 1.807) is 6.20 Å². The fourth-order valence-electron chi connectivity index (χ4n) is 2.35. The Hall–Kier alpha value is -1.60. The zero-order valence-electron chi connectivity index (χ0n) is 12.1. The molecule has 0 spiro atoms. The molecule has 114 valence electrons. The molecule has 1 aliphatic heterocycles. The van der Waals surface area contributed by atoms with Crippen molar-refractivity contribution in [3.63, 3.8) is 0 Å². The lowest BCUT2D eigenvalue weighted by Crippen LogP contribution is -2.41. The summed E-state index contributed by atoms with van der Waals surface area (Å²) in [7, 11) is 3.81. The van der Waals surface area contributed by atoms with E-state index in [1.807, 2.05) is 37.2 Å². The van der Waals surface area contributed by atoms with E-state index in [4.69, 9.17) is 0 Å². The predicted molar refractivity (Wildman–Crippen MR) is 80.2 cm³/mol. The van der Waals surface area contributed by atoms with Gasteiger partial charge in [0.25, 0.3) is 0 Å². The van der Waals surface area contributed by atoms with Crippen molar-refractivity contribution in [3.8, 4) is 0 Å². The van der Waals surface area contributed by atoms with Crippen LogP contribution in [0.2, 0.25) is 0 Å². The van der Waals surface area contributed by atoms with Gasteiger partial charge in [-0.05, 0) is 32.6 Å². The van der Waals surface area contributed by atoms with E-state index in [-0.39, 0.29) is 17.7 Å². The number of nitrogens with zero attached hydrogens (tertiary/aromatic N) is 3. The number of carboxylic acids is 1. The van der Waals surface area contributed by atoms with E-state index < -0.39 is 12.0 Å². The smallest absolute Gasteiger partial charge is 0.326 e. The van der Waals surface area contributed by atoms with Crippen LogP contribution in [0.5, 0.6) is 0 Å². The van der Waals surface area contributed by atoms with Crippen LogP contribution in [0.4, 0.5) is 0 Å². The molecule has 1 fully saturated rings. The summed E-state index contributed by atoms with van der Waals surface area (Å²) in [5.41, 5.74) is 0. The van der Waals surface area contributed by atoms with E-state index in [0.717, 1.165) is 5.03 Å². The summed E-state index contributed by atoms with van der Waals surface area (Å²) in [5, 5.41) is 10.1. The van der Waals surface area contributed by atoms with Gasteiger partial charge in [-0.15, -0.1) is 0 Å². The molecule has 1 aromatic heterocycles. The Bertz CT molecular complexity index is 509. The number of likely N-dealkylation sites (tertiary alicyclic amines) is 1. The summed E-state index contributed by atoms with van der Waals surface area (Å²) in [4.78, 5) is 31.2. The van der Waals surface area contributed by atoms with Gasteiger partial charge in [0.15, 0.2) is 0 Å². The minimum absolute atomic E-state index is 0.0925. The predicted octanol–water partition coefficient (Wildman–Crippen LogP) is 0.789. The number of hydrogen-bond donors (Lipinski definition) is 1. The second kappa shape index (κ2) is 6.91. The minimum Gasteiger partial charge on any atom is -0.480 e. The molecule has 1 saturated heterocycles. The first-order valence-corrected chi connectivity index (χ1v) is 7.70. The Morgan fingerprint density at radius 2 is 2.24 bits per heavy atom. The van der Waals surface area contributed by atoms with Gasteiger partial charge in [0.2, 0.25) is 5.91 Å². The van der Waals surface area contributed by atoms with Crippen LogP contribution < -0.4 is 0 Å². The quantitative estimate of drug-likeness (QED) is 0.811. The molecule has 1 N–H and O–H groups in total. The van der Waals surface area contributed by atoms with Crippen LogP contribution in [0.3, 0.4) is 0 Å². The number of amides is 1. The van der Waals surface area contributed by atoms with E-state index >= 15 is 0 Å². The number of hydrogen-bond acceptors (Lipinski definition) is 5. The first-order valence-electron chi connectivity index (χ1n) is 6.71. The Morgan fingerprint density at radius 3 is 2.81 bits per heavy atom. The van der Waals surface area contributed by atoms with E-state index in [1.165, 1.54) is 16.7 Å². The number of likely N-dealkylation sites (N-methyl/N-ethyl adjacent to an activating group) is 1. The molecule has 1 aliphatic rings. The number of carboxylic acid groups (broad SMARTS) is 1. The highest BCUT2D eigenvalue weighted by Gasteiger charge is 2.40. The molecular formula is C14H19N3O3S. The van der Waals surface area contributed by atoms with Gasteiger partial charge in [0.1, 0.15) is 6.04 Å². The van der Waals surface area contributed by atoms with Crippen LogP contribution in [-0.2, 0) is 9.59 Å². The fraction of sp³-hybridized carbons (Fsp3) is 0.500. The average molecular weight is 309 g/mol. The maximum atomic E-state index is 12.3. The fourth-order valence-corrected chi connectivity index (χ4v) is 3.10. The molecule has 2 atom stereocenters. The van der Waals surface area contributed by atoms with Crippen molar-refractivity contribution in [1.29, 1.82) is 0 Å². The van der Waals surface area contributed by atoms with Crippen LogP contribution in [0, 0.1) is 0 Å². The first kappa shape index (κ1) is 15.8. The number of aliphatic carboxylic acids is 1. The van der Waals surface area contributed by atoms with Crippen molar-refractivity contribution < 1.29 is 14.7 Å². The van der Waals surface area contributed by atoms with Crippen molar-refractivity contribution >= 4 is 23.6 Å². The van der Waals surface area contributed by atoms with E-state index in [9.17, 15) is 14.7 Å². The van der Waals surface area contributed by atoms with Gasteiger partial charge in [0.05, 0.1) is 10.8 Å². The minimum atomic E-state index is -0.935. The lowest BCUT2D eigenvalue weighted by Gasteiger charge is -2.22. The Labute approximate surface area is 128 Å². The molecule has 0 bridgehead atoms. The van der Waals surface area contributed by atoms with Crippen molar-refractivity contribution in [2.75, 3.05) is 26.4 Å². The second-order valence-corrected chi connectivity index (χ2v) is 6.21. The summed E-state index contributed by atoms with van der Waals surface area (Å²) < 4.78 is 0. The second-order valence-electron chi connectivity index (χ2n) is 5.21. The van der Waals surface area contributed by atoms with Gasteiger partial charge >= 0.3 is 5.97 Å². The number of thioether (sulfide) groups is 1. The largest absolute Gasteiger partial charge is 0.480 e. The summed E-state index contributed by atoms with van der Waals surface area (Å²) in [6.07, 6.45) is 2.15. The maximum absolute atomic E-state index is 12.3. The zero-order valence-corrected chi connectivity index (χ0v) is 12.9. The van der Waals surface area contributed by atoms with Gasteiger partial charge < -0.3 is 14.9 Å². The molecule has 1 aromatic rings. The molecular weight excluding hydrogens is 290 g/mol. The summed E-state index contributed by atoms with van der Waals surface area (Å²) in [6, 6.07) is 4.87. The topological polar surface area (TPSA) is 73.7 Å². The SMILES string of the molecule is CN(C)[C@@H]1C[C@@H](C(=O)O)N(C(=O)CSc2ccccn2)C1.